The molecule has 2 aliphatic heterocycles. The van der Waals surface area contributed by atoms with Crippen LogP contribution >= 0.6 is 0 Å². The molecule has 284 valence electrons. The van der Waals surface area contributed by atoms with Gasteiger partial charge in [0, 0.05) is 6.54 Å². The third-order valence-corrected chi connectivity index (χ3v) is 16.8. The first-order valence-electron chi connectivity index (χ1n) is 19.7. The lowest BCUT2D eigenvalue weighted by molar-refractivity contribution is -0.140. The number of fused-ring (bicyclic) bond motifs is 3. The van der Waals surface area contributed by atoms with Gasteiger partial charge in [-0.2, -0.15) is 0 Å². The summed E-state index contributed by atoms with van der Waals surface area (Å²) in [5, 5.41) is 23.4. The quantitative estimate of drug-likeness (QED) is 0.0674. The number of rotatable bonds is 12. The lowest BCUT2D eigenvalue weighted by atomic mass is 9.58. The molecule has 2 heterocycles. The minimum Gasteiger partial charge on any atom is -0.508 e. The molecular formula is C46H52BNO6Si. The van der Waals surface area contributed by atoms with Crippen LogP contribution in [0.25, 0.3) is 11.6 Å². The monoisotopic (exact) mass is 753 g/mol. The molecule has 1 aliphatic carbocycles. The Hall–Kier alpha value is -4.54. The number of hydrogen-bond acceptors (Lipinski definition) is 6. The summed E-state index contributed by atoms with van der Waals surface area (Å²) in [7, 11) is -4.03. The van der Waals surface area contributed by atoms with Crippen LogP contribution in [0.15, 0.2) is 126 Å². The number of carbonyl (C=O) groups excluding carboxylic acids is 2. The van der Waals surface area contributed by atoms with Crippen molar-refractivity contribution < 1.29 is 28.8 Å². The molecule has 7 nitrogen and oxygen atoms in total. The fourth-order valence-electron chi connectivity index (χ4n) is 9.37. The predicted molar refractivity (Wildman–Crippen MR) is 222 cm³/mol. The largest absolute Gasteiger partial charge is 0.508 e. The number of imide groups is 1. The number of benzene rings is 4. The van der Waals surface area contributed by atoms with Gasteiger partial charge in [-0.05, 0) is 93.3 Å². The van der Waals surface area contributed by atoms with E-state index < -0.39 is 33.4 Å². The fourth-order valence-corrected chi connectivity index (χ4v) is 13.9. The molecule has 7 rings (SSSR count). The number of hydrogen-bond donors (Lipinski definition) is 2. The van der Waals surface area contributed by atoms with Crippen LogP contribution in [0.2, 0.25) is 11.4 Å². The maximum Gasteiger partial charge on any atom is 0.455 e. The van der Waals surface area contributed by atoms with E-state index in [-0.39, 0.29) is 34.8 Å². The number of carbonyl (C=O) groups is 2. The van der Waals surface area contributed by atoms with Crippen molar-refractivity contribution in [3.05, 3.63) is 138 Å². The number of likely N-dealkylation sites (tertiary alicyclic amines) is 1. The third-order valence-electron chi connectivity index (χ3n) is 11.8. The number of nitrogens with zero attached hydrogens (tertiary/aromatic N) is 1. The standard InChI is InChI=1S/C46H52BNO6Si/c1-5-27-48-44(50)39-29-35(31-53-55(46(2,3)4,37-17-11-7-12-18-37)38-19-13-8-14-20-38)42-40(43(39)45(48)51)30-47(52)54-41(42)26-23-34(33-15-9-6-10-16-33)28-32-21-24-36(49)25-22-32/h6-22,24-25,28,39-41,43,49,52H,5,23,26-27,29-31H2,1-4H3/b34-28-/t39-,40+,41-,43-/m1/s1. The van der Waals surface area contributed by atoms with E-state index in [4.69, 9.17) is 9.08 Å². The predicted octanol–water partition coefficient (Wildman–Crippen LogP) is 7.50. The minimum atomic E-state index is -2.96. The van der Waals surface area contributed by atoms with E-state index in [0.717, 1.165) is 27.8 Å². The number of phenolic OH excluding ortho intramolecular Hbond substituents is 1. The minimum absolute atomic E-state index is 0.112. The molecule has 0 aromatic heterocycles. The highest BCUT2D eigenvalue weighted by molar-refractivity contribution is 6.99. The van der Waals surface area contributed by atoms with Crippen LogP contribution in [0.3, 0.4) is 0 Å². The lowest BCUT2D eigenvalue weighted by Gasteiger charge is -2.46. The molecule has 2 fully saturated rings. The van der Waals surface area contributed by atoms with Gasteiger partial charge in [-0.25, -0.2) is 0 Å². The third kappa shape index (κ3) is 7.68. The summed E-state index contributed by atoms with van der Waals surface area (Å²) in [6, 6.07) is 38.4. The fraction of sp³-hybridized carbons (Fsp3) is 0.348. The van der Waals surface area contributed by atoms with Gasteiger partial charge in [0.15, 0.2) is 0 Å². The van der Waals surface area contributed by atoms with E-state index in [9.17, 15) is 19.7 Å². The van der Waals surface area contributed by atoms with Gasteiger partial charge in [0.1, 0.15) is 5.75 Å². The molecule has 55 heavy (non-hydrogen) atoms. The average Bonchev–Trinajstić information content (AvgIpc) is 3.42. The second-order valence-corrected chi connectivity index (χ2v) is 20.6. The molecule has 4 aromatic rings. The Kier molecular flexibility index (Phi) is 11.5. The van der Waals surface area contributed by atoms with Crippen molar-refractivity contribution in [3.63, 3.8) is 0 Å². The molecule has 0 radical (unpaired) electrons. The van der Waals surface area contributed by atoms with E-state index in [1.54, 1.807) is 12.1 Å². The zero-order valence-electron chi connectivity index (χ0n) is 32.4. The van der Waals surface area contributed by atoms with E-state index in [1.165, 1.54) is 15.3 Å². The van der Waals surface area contributed by atoms with Crippen LogP contribution in [0.5, 0.6) is 5.75 Å². The molecule has 2 N–H and O–H groups in total. The van der Waals surface area contributed by atoms with Crippen LogP contribution < -0.4 is 10.4 Å². The van der Waals surface area contributed by atoms with Crippen LogP contribution in [-0.2, 0) is 18.7 Å². The van der Waals surface area contributed by atoms with Crippen molar-refractivity contribution in [2.75, 3.05) is 13.2 Å². The molecule has 2 saturated heterocycles. The molecule has 0 spiro atoms. The zero-order chi connectivity index (χ0) is 38.7. The highest BCUT2D eigenvalue weighted by atomic mass is 28.4. The maximum atomic E-state index is 14.1. The van der Waals surface area contributed by atoms with Gasteiger partial charge in [-0.3, -0.25) is 14.5 Å². The van der Waals surface area contributed by atoms with Crippen LogP contribution in [0.1, 0.15) is 64.5 Å². The number of allylic oxidation sites excluding steroid dienone is 1. The van der Waals surface area contributed by atoms with Crippen LogP contribution in [-0.4, -0.2) is 61.5 Å². The highest BCUT2D eigenvalue weighted by Crippen LogP contribution is 2.51. The van der Waals surface area contributed by atoms with E-state index in [0.29, 0.717) is 38.8 Å². The summed E-state index contributed by atoms with van der Waals surface area (Å²) in [5.41, 5.74) is 5.15. The summed E-state index contributed by atoms with van der Waals surface area (Å²) in [4.78, 5) is 29.6. The smallest absolute Gasteiger partial charge is 0.455 e. The second-order valence-electron chi connectivity index (χ2n) is 16.3. The van der Waals surface area contributed by atoms with Crippen LogP contribution in [0.4, 0.5) is 0 Å². The molecule has 9 heteroatoms. The van der Waals surface area contributed by atoms with Gasteiger partial charge in [0.05, 0.1) is 24.5 Å². The number of amides is 2. The molecule has 4 atom stereocenters. The van der Waals surface area contributed by atoms with Crippen molar-refractivity contribution in [1.29, 1.82) is 0 Å². The van der Waals surface area contributed by atoms with Gasteiger partial charge < -0.3 is 19.2 Å². The topological polar surface area (TPSA) is 96.3 Å². The summed E-state index contributed by atoms with van der Waals surface area (Å²) in [6.07, 6.45) is 4.20. The van der Waals surface area contributed by atoms with E-state index >= 15 is 0 Å². The van der Waals surface area contributed by atoms with Gasteiger partial charge in [-0.15, -0.1) is 0 Å². The maximum absolute atomic E-state index is 14.1. The Morgan fingerprint density at radius 2 is 1.47 bits per heavy atom. The number of phenols is 1. The lowest BCUT2D eigenvalue weighted by Crippen LogP contribution is -2.66. The summed E-state index contributed by atoms with van der Waals surface area (Å²) in [6.45, 7) is 9.44. The first-order chi connectivity index (χ1) is 26.5. The normalized spacial score (nSPS) is 21.9. The molecule has 0 saturated carbocycles. The Morgan fingerprint density at radius 1 is 0.873 bits per heavy atom. The number of aromatic hydroxyl groups is 1. The molecule has 0 unspecified atom stereocenters. The first kappa shape index (κ1) is 38.7. The van der Waals surface area contributed by atoms with Gasteiger partial charge >= 0.3 is 7.12 Å². The summed E-state index contributed by atoms with van der Waals surface area (Å²) >= 11 is 0. The van der Waals surface area contributed by atoms with E-state index in [1.807, 2.05) is 49.4 Å². The molecule has 4 aromatic carbocycles. The Labute approximate surface area is 327 Å². The molecule has 3 aliphatic rings. The van der Waals surface area contributed by atoms with Crippen molar-refractivity contribution in [1.82, 2.24) is 4.90 Å². The summed E-state index contributed by atoms with van der Waals surface area (Å²) < 4.78 is 14.0. The van der Waals surface area contributed by atoms with Crippen molar-refractivity contribution in [2.45, 2.75) is 70.8 Å². The van der Waals surface area contributed by atoms with Crippen LogP contribution in [0, 0.1) is 17.8 Å². The second kappa shape index (κ2) is 16.3. The van der Waals surface area contributed by atoms with Crippen molar-refractivity contribution in [2.24, 2.45) is 17.8 Å². The van der Waals surface area contributed by atoms with E-state index in [2.05, 4.69) is 87.5 Å². The molecule has 2 amide bonds. The Morgan fingerprint density at radius 3 is 2.05 bits per heavy atom. The average molecular weight is 754 g/mol. The van der Waals surface area contributed by atoms with Gasteiger partial charge in [0.25, 0.3) is 8.32 Å². The molecule has 0 bridgehead atoms. The van der Waals surface area contributed by atoms with Crippen molar-refractivity contribution >= 4 is 49.3 Å². The highest BCUT2D eigenvalue weighted by Gasteiger charge is 2.58. The zero-order valence-corrected chi connectivity index (χ0v) is 33.4. The summed E-state index contributed by atoms with van der Waals surface area (Å²) in [5.74, 6) is -1.40. The van der Waals surface area contributed by atoms with Gasteiger partial charge in [-0.1, -0.05) is 137 Å². The Bertz CT molecular complexity index is 1990. The SMILES string of the molecule is CCCN1C(=O)[C@@H]2[C@@H](CC(CO[Si](c3ccccc3)(c3ccccc3)C(C)(C)C)=C3[C@@H](CC/C(=C/c4ccc(O)cc4)c4ccccc4)OB(O)C[C@@H]32)C1=O. The first-order valence-corrected chi connectivity index (χ1v) is 21.6. The van der Waals surface area contributed by atoms with Gasteiger partial charge in [0.2, 0.25) is 11.8 Å². The van der Waals surface area contributed by atoms with Crippen molar-refractivity contribution in [3.8, 4) is 5.75 Å². The Balaban J connectivity index is 1.31. The molecular weight excluding hydrogens is 701 g/mol.